The summed E-state index contributed by atoms with van der Waals surface area (Å²) in [5.74, 6) is 1.94. The van der Waals surface area contributed by atoms with Gasteiger partial charge in [-0.1, -0.05) is 76.6 Å². The van der Waals surface area contributed by atoms with Crippen LogP contribution in [0.1, 0.15) is 70.1 Å². The Kier molecular flexibility index (Phi) is 6.61. The van der Waals surface area contributed by atoms with E-state index < -0.39 is 0 Å². The zero-order valence-corrected chi connectivity index (χ0v) is 15.9. The van der Waals surface area contributed by atoms with E-state index in [1.54, 1.807) is 0 Å². The molecule has 134 valence electrons. The predicted molar refractivity (Wildman–Crippen MR) is 106 cm³/mol. The Morgan fingerprint density at radius 3 is 2.12 bits per heavy atom. The highest BCUT2D eigenvalue weighted by Gasteiger charge is 2.19. The molecule has 0 atom stereocenters. The Morgan fingerprint density at radius 2 is 1.52 bits per heavy atom. The van der Waals surface area contributed by atoms with Crippen molar-refractivity contribution in [1.29, 1.82) is 0 Å². The molecule has 0 saturated heterocycles. The van der Waals surface area contributed by atoms with Crippen LogP contribution in [0.15, 0.2) is 36.4 Å². The number of rotatable bonds is 7. The van der Waals surface area contributed by atoms with Gasteiger partial charge in [-0.2, -0.15) is 10.2 Å². The normalized spacial score (nSPS) is 20.6. The fourth-order valence-electron chi connectivity index (χ4n) is 4.04. The van der Waals surface area contributed by atoms with E-state index in [0.717, 1.165) is 36.1 Å². The average molecular weight is 337 g/mol. The summed E-state index contributed by atoms with van der Waals surface area (Å²) in [4.78, 5) is 0. The molecule has 25 heavy (non-hydrogen) atoms. The van der Waals surface area contributed by atoms with E-state index in [4.69, 9.17) is 0 Å². The molecule has 2 heteroatoms. The Morgan fingerprint density at radius 1 is 0.800 bits per heavy atom. The minimum Gasteiger partial charge on any atom is -0.155 e. The maximum atomic E-state index is 4.38. The van der Waals surface area contributed by atoms with E-state index in [9.17, 15) is 0 Å². The van der Waals surface area contributed by atoms with Gasteiger partial charge in [0.05, 0.1) is 11.4 Å². The Labute approximate surface area is 153 Å². The quantitative estimate of drug-likeness (QED) is 0.597. The molecule has 0 radical (unpaired) electrons. The summed E-state index contributed by atoms with van der Waals surface area (Å²) in [6.45, 7) is 4.51. The van der Waals surface area contributed by atoms with E-state index in [0.29, 0.717) is 0 Å². The third kappa shape index (κ3) is 5.14. The molecular formula is C23H32N2. The molecular weight excluding hydrogens is 304 g/mol. The van der Waals surface area contributed by atoms with Crippen molar-refractivity contribution in [3.8, 4) is 11.3 Å². The van der Waals surface area contributed by atoms with Crippen LogP contribution < -0.4 is 0 Å². The number of hydrogen-bond donors (Lipinski definition) is 0. The maximum absolute atomic E-state index is 4.38. The Bertz CT molecular complexity index is 622. The van der Waals surface area contributed by atoms with Gasteiger partial charge in [0.25, 0.3) is 0 Å². The first-order valence-corrected chi connectivity index (χ1v) is 10.2. The van der Waals surface area contributed by atoms with E-state index in [2.05, 4.69) is 60.4 Å². The molecule has 0 bridgehead atoms. The number of aromatic nitrogens is 2. The standard InChI is InChI=1S/C23H32N2/c1-3-5-22-16-17-23(25-24-22)21-14-12-20(13-15-21)11-10-19-8-6-18(4-2)7-9-19/h12-19H,3-11H2,1-2H3/t18-,19-. The van der Waals surface area contributed by atoms with Crippen molar-refractivity contribution in [2.75, 3.05) is 0 Å². The topological polar surface area (TPSA) is 25.8 Å². The van der Waals surface area contributed by atoms with Crippen LogP contribution in [0.5, 0.6) is 0 Å². The van der Waals surface area contributed by atoms with Crippen LogP contribution in [0.2, 0.25) is 0 Å². The van der Waals surface area contributed by atoms with Crippen LogP contribution in [0.4, 0.5) is 0 Å². The van der Waals surface area contributed by atoms with Crippen molar-refractivity contribution >= 4 is 0 Å². The molecule has 0 N–H and O–H groups in total. The smallest absolute Gasteiger partial charge is 0.0929 e. The van der Waals surface area contributed by atoms with Gasteiger partial charge < -0.3 is 0 Å². The third-order valence-corrected chi connectivity index (χ3v) is 5.86. The molecule has 0 amide bonds. The molecule has 0 aliphatic heterocycles. The van der Waals surface area contributed by atoms with Gasteiger partial charge in [-0.3, -0.25) is 0 Å². The largest absolute Gasteiger partial charge is 0.155 e. The van der Waals surface area contributed by atoms with E-state index in [1.165, 1.54) is 56.1 Å². The van der Waals surface area contributed by atoms with Crippen molar-refractivity contribution in [3.05, 3.63) is 47.7 Å². The number of benzene rings is 1. The van der Waals surface area contributed by atoms with Crippen LogP contribution in [0.3, 0.4) is 0 Å². The first-order valence-electron chi connectivity index (χ1n) is 10.2. The molecule has 1 saturated carbocycles. The SMILES string of the molecule is CCCc1ccc(-c2ccc(CC[C@H]3CC[C@H](CC)CC3)cc2)nn1. The molecule has 1 aliphatic carbocycles. The lowest BCUT2D eigenvalue weighted by Crippen LogP contribution is -2.14. The minimum absolute atomic E-state index is 0.944. The van der Waals surface area contributed by atoms with E-state index in [-0.39, 0.29) is 0 Å². The Balaban J connectivity index is 1.52. The fourth-order valence-corrected chi connectivity index (χ4v) is 4.04. The molecule has 1 aromatic carbocycles. The highest BCUT2D eigenvalue weighted by molar-refractivity contribution is 5.58. The van der Waals surface area contributed by atoms with Gasteiger partial charge in [-0.25, -0.2) is 0 Å². The number of aryl methyl sites for hydroxylation is 2. The highest BCUT2D eigenvalue weighted by atomic mass is 15.1. The summed E-state index contributed by atoms with van der Waals surface area (Å²) in [5.41, 5.74) is 4.68. The lowest BCUT2D eigenvalue weighted by atomic mass is 9.78. The molecule has 2 nitrogen and oxygen atoms in total. The van der Waals surface area contributed by atoms with Crippen molar-refractivity contribution in [2.45, 2.75) is 71.6 Å². The maximum Gasteiger partial charge on any atom is 0.0929 e. The second kappa shape index (κ2) is 9.12. The molecule has 0 spiro atoms. The molecule has 1 aliphatic rings. The van der Waals surface area contributed by atoms with E-state index >= 15 is 0 Å². The molecule has 1 fully saturated rings. The van der Waals surface area contributed by atoms with Crippen LogP contribution >= 0.6 is 0 Å². The molecule has 0 unspecified atom stereocenters. The summed E-state index contributed by atoms with van der Waals surface area (Å²) in [5, 5.41) is 8.71. The second-order valence-electron chi connectivity index (χ2n) is 7.69. The van der Waals surface area contributed by atoms with Crippen LogP contribution in [-0.2, 0) is 12.8 Å². The average Bonchev–Trinajstić information content (AvgIpc) is 2.68. The lowest BCUT2D eigenvalue weighted by molar-refractivity contribution is 0.259. The van der Waals surface area contributed by atoms with E-state index in [1.807, 2.05) is 0 Å². The molecule has 3 rings (SSSR count). The summed E-state index contributed by atoms with van der Waals surface area (Å²) in [6.07, 6.45) is 11.8. The zero-order valence-electron chi connectivity index (χ0n) is 15.9. The number of hydrogen-bond acceptors (Lipinski definition) is 2. The highest BCUT2D eigenvalue weighted by Crippen LogP contribution is 2.33. The lowest BCUT2D eigenvalue weighted by Gasteiger charge is -2.27. The van der Waals surface area contributed by atoms with Gasteiger partial charge in [0.1, 0.15) is 0 Å². The second-order valence-corrected chi connectivity index (χ2v) is 7.69. The van der Waals surface area contributed by atoms with Crippen molar-refractivity contribution < 1.29 is 0 Å². The van der Waals surface area contributed by atoms with Gasteiger partial charge in [-0.15, -0.1) is 0 Å². The fraction of sp³-hybridized carbons (Fsp3) is 0.565. The summed E-state index contributed by atoms with van der Waals surface area (Å²) in [7, 11) is 0. The molecule has 1 aromatic heterocycles. The third-order valence-electron chi connectivity index (χ3n) is 5.86. The van der Waals surface area contributed by atoms with Gasteiger partial charge in [-0.05, 0) is 48.8 Å². The first kappa shape index (κ1) is 18.1. The van der Waals surface area contributed by atoms with Gasteiger partial charge in [0, 0.05) is 5.56 Å². The van der Waals surface area contributed by atoms with Crippen molar-refractivity contribution in [1.82, 2.24) is 10.2 Å². The zero-order chi connectivity index (χ0) is 17.5. The Hall–Kier alpha value is -1.70. The predicted octanol–water partition coefficient (Wildman–Crippen LogP) is 6.25. The van der Waals surface area contributed by atoms with Crippen LogP contribution in [0, 0.1) is 11.8 Å². The molecule has 1 heterocycles. The van der Waals surface area contributed by atoms with Crippen LogP contribution in [0.25, 0.3) is 11.3 Å². The monoisotopic (exact) mass is 336 g/mol. The van der Waals surface area contributed by atoms with Crippen LogP contribution in [-0.4, -0.2) is 10.2 Å². The van der Waals surface area contributed by atoms with Gasteiger partial charge in [0.2, 0.25) is 0 Å². The summed E-state index contributed by atoms with van der Waals surface area (Å²) < 4.78 is 0. The van der Waals surface area contributed by atoms with Gasteiger partial charge in [0.15, 0.2) is 0 Å². The summed E-state index contributed by atoms with van der Waals surface area (Å²) >= 11 is 0. The minimum atomic E-state index is 0.944. The molecule has 2 aromatic rings. The number of nitrogens with zero attached hydrogens (tertiary/aromatic N) is 2. The van der Waals surface area contributed by atoms with Crippen molar-refractivity contribution in [2.24, 2.45) is 11.8 Å². The van der Waals surface area contributed by atoms with Crippen molar-refractivity contribution in [3.63, 3.8) is 0 Å². The van der Waals surface area contributed by atoms with Gasteiger partial charge >= 0.3 is 0 Å². The first-order chi connectivity index (χ1) is 12.3. The summed E-state index contributed by atoms with van der Waals surface area (Å²) in [6, 6.07) is 13.1.